The van der Waals surface area contributed by atoms with Crippen LogP contribution in [0.5, 0.6) is 0 Å². The molecule has 1 aromatic rings. The quantitative estimate of drug-likeness (QED) is 0.912. The van der Waals surface area contributed by atoms with Crippen molar-refractivity contribution in [1.82, 2.24) is 4.90 Å². The van der Waals surface area contributed by atoms with Gasteiger partial charge in [0, 0.05) is 30.7 Å². The summed E-state index contributed by atoms with van der Waals surface area (Å²) in [6.45, 7) is 5.42. The Kier molecular flexibility index (Phi) is 5.01. The van der Waals surface area contributed by atoms with E-state index in [2.05, 4.69) is 24.0 Å². The molecule has 3 nitrogen and oxygen atoms in total. The third kappa shape index (κ3) is 3.23. The molecule has 2 atom stereocenters. The monoisotopic (exact) mass is 268 g/mol. The molecule has 0 saturated carbocycles. The topological polar surface area (TPSA) is 38.5 Å². The van der Waals surface area contributed by atoms with Crippen LogP contribution < -0.4 is 5.73 Å². The van der Waals surface area contributed by atoms with Gasteiger partial charge in [0.05, 0.1) is 12.7 Å². The van der Waals surface area contributed by atoms with E-state index in [9.17, 15) is 0 Å². The summed E-state index contributed by atoms with van der Waals surface area (Å²) in [6.07, 6.45) is 1.23. The Morgan fingerprint density at radius 3 is 3.06 bits per heavy atom. The fourth-order valence-corrected chi connectivity index (χ4v) is 2.79. The predicted molar refractivity (Wildman–Crippen MR) is 74.9 cm³/mol. The fourth-order valence-electron chi connectivity index (χ4n) is 2.59. The third-order valence-electron chi connectivity index (χ3n) is 3.49. The highest BCUT2D eigenvalue weighted by Crippen LogP contribution is 2.27. The van der Waals surface area contributed by atoms with Crippen molar-refractivity contribution in [3.8, 4) is 0 Å². The molecule has 0 aromatic heterocycles. The Hall–Kier alpha value is -0.610. The molecule has 2 rings (SSSR count). The molecule has 0 aliphatic carbocycles. The molecule has 1 saturated heterocycles. The van der Waals surface area contributed by atoms with E-state index in [1.807, 2.05) is 12.1 Å². The van der Waals surface area contributed by atoms with Gasteiger partial charge in [0.25, 0.3) is 0 Å². The van der Waals surface area contributed by atoms with Crippen molar-refractivity contribution >= 4 is 11.6 Å². The molecule has 0 radical (unpaired) electrons. The Morgan fingerprint density at radius 2 is 2.39 bits per heavy atom. The van der Waals surface area contributed by atoms with Crippen molar-refractivity contribution in [3.05, 3.63) is 34.9 Å². The number of rotatable bonds is 4. The molecular weight excluding hydrogens is 248 g/mol. The van der Waals surface area contributed by atoms with E-state index in [0.29, 0.717) is 12.6 Å². The number of hydrogen-bond acceptors (Lipinski definition) is 3. The van der Waals surface area contributed by atoms with E-state index >= 15 is 0 Å². The van der Waals surface area contributed by atoms with Crippen molar-refractivity contribution in [3.63, 3.8) is 0 Å². The highest BCUT2D eigenvalue weighted by atomic mass is 35.5. The van der Waals surface area contributed by atoms with Crippen LogP contribution >= 0.6 is 11.6 Å². The molecule has 1 fully saturated rings. The summed E-state index contributed by atoms with van der Waals surface area (Å²) in [5.41, 5.74) is 6.98. The van der Waals surface area contributed by atoms with Crippen LogP contribution in [0.2, 0.25) is 5.02 Å². The SMILES string of the molecule is CCC(c1cccc(Cl)c1)N1CCOC(CN)C1. The molecule has 1 aliphatic rings. The average Bonchev–Trinajstić information content (AvgIpc) is 2.40. The summed E-state index contributed by atoms with van der Waals surface area (Å²) in [6, 6.07) is 8.54. The minimum absolute atomic E-state index is 0.159. The summed E-state index contributed by atoms with van der Waals surface area (Å²) >= 11 is 6.08. The molecule has 100 valence electrons. The van der Waals surface area contributed by atoms with Crippen LogP contribution in [0.4, 0.5) is 0 Å². The number of halogens is 1. The molecule has 2 unspecified atom stereocenters. The fraction of sp³-hybridized carbons (Fsp3) is 0.571. The van der Waals surface area contributed by atoms with E-state index in [-0.39, 0.29) is 6.10 Å². The van der Waals surface area contributed by atoms with Gasteiger partial charge in [0.1, 0.15) is 0 Å². The lowest BCUT2D eigenvalue weighted by molar-refractivity contribution is -0.0396. The van der Waals surface area contributed by atoms with Crippen LogP contribution in [0.3, 0.4) is 0 Å². The van der Waals surface area contributed by atoms with Crippen LogP contribution in [0.15, 0.2) is 24.3 Å². The first-order chi connectivity index (χ1) is 8.74. The van der Waals surface area contributed by atoms with Crippen LogP contribution in [0, 0.1) is 0 Å². The third-order valence-corrected chi connectivity index (χ3v) is 3.73. The number of ether oxygens (including phenoxy) is 1. The number of morpholine rings is 1. The normalized spacial score (nSPS) is 22.9. The van der Waals surface area contributed by atoms with E-state index < -0.39 is 0 Å². The molecule has 18 heavy (non-hydrogen) atoms. The van der Waals surface area contributed by atoms with E-state index in [1.165, 1.54) is 5.56 Å². The van der Waals surface area contributed by atoms with Gasteiger partial charge in [-0.15, -0.1) is 0 Å². The summed E-state index contributed by atoms with van der Waals surface area (Å²) in [7, 11) is 0. The van der Waals surface area contributed by atoms with E-state index in [1.54, 1.807) is 0 Å². The summed E-state index contributed by atoms with van der Waals surface area (Å²) in [4.78, 5) is 2.45. The van der Waals surface area contributed by atoms with E-state index in [0.717, 1.165) is 31.1 Å². The van der Waals surface area contributed by atoms with Crippen molar-refractivity contribution in [2.24, 2.45) is 5.73 Å². The van der Waals surface area contributed by atoms with E-state index in [4.69, 9.17) is 22.1 Å². The van der Waals surface area contributed by atoms with Crippen LogP contribution in [0.25, 0.3) is 0 Å². The number of nitrogens with zero attached hydrogens (tertiary/aromatic N) is 1. The first kappa shape index (κ1) is 13.8. The molecule has 1 heterocycles. The zero-order chi connectivity index (χ0) is 13.0. The highest BCUT2D eigenvalue weighted by molar-refractivity contribution is 6.30. The molecule has 0 spiro atoms. The van der Waals surface area contributed by atoms with Crippen molar-refractivity contribution in [2.75, 3.05) is 26.2 Å². The van der Waals surface area contributed by atoms with Crippen molar-refractivity contribution < 1.29 is 4.74 Å². The zero-order valence-corrected chi connectivity index (χ0v) is 11.6. The van der Waals surface area contributed by atoms with Gasteiger partial charge in [-0.05, 0) is 24.1 Å². The maximum atomic E-state index is 6.08. The van der Waals surface area contributed by atoms with Crippen molar-refractivity contribution in [1.29, 1.82) is 0 Å². The second kappa shape index (κ2) is 6.53. The van der Waals surface area contributed by atoms with Crippen LogP contribution in [0.1, 0.15) is 24.9 Å². The number of hydrogen-bond donors (Lipinski definition) is 1. The molecular formula is C14H21ClN2O. The Balaban J connectivity index is 2.12. The van der Waals surface area contributed by atoms with Gasteiger partial charge < -0.3 is 10.5 Å². The minimum atomic E-state index is 0.159. The number of benzene rings is 1. The lowest BCUT2D eigenvalue weighted by Crippen LogP contribution is -2.46. The lowest BCUT2D eigenvalue weighted by atomic mass is 10.0. The molecule has 0 bridgehead atoms. The molecule has 4 heteroatoms. The van der Waals surface area contributed by atoms with Crippen LogP contribution in [-0.4, -0.2) is 37.2 Å². The smallest absolute Gasteiger partial charge is 0.0824 e. The standard InChI is InChI=1S/C14H21ClN2O/c1-2-14(11-4-3-5-12(15)8-11)17-6-7-18-13(9-16)10-17/h3-5,8,13-14H,2,6-7,9-10,16H2,1H3. The number of nitrogens with two attached hydrogens (primary N) is 1. The van der Waals surface area contributed by atoms with Gasteiger partial charge in [0.2, 0.25) is 0 Å². The first-order valence-electron chi connectivity index (χ1n) is 6.55. The Labute approximate surface area is 114 Å². The van der Waals surface area contributed by atoms with Crippen molar-refractivity contribution in [2.45, 2.75) is 25.5 Å². The van der Waals surface area contributed by atoms with Gasteiger partial charge in [-0.25, -0.2) is 0 Å². The summed E-state index contributed by atoms with van der Waals surface area (Å²) < 4.78 is 5.62. The second-order valence-electron chi connectivity index (χ2n) is 4.70. The average molecular weight is 269 g/mol. The van der Waals surface area contributed by atoms with Gasteiger partial charge in [-0.3, -0.25) is 4.90 Å². The Morgan fingerprint density at radius 1 is 1.56 bits per heavy atom. The predicted octanol–water partition coefficient (Wildman–Crippen LogP) is 2.45. The molecule has 0 amide bonds. The molecule has 2 N–H and O–H groups in total. The minimum Gasteiger partial charge on any atom is -0.374 e. The lowest BCUT2D eigenvalue weighted by Gasteiger charge is -2.38. The molecule has 1 aliphatic heterocycles. The van der Waals surface area contributed by atoms with Crippen LogP contribution in [-0.2, 0) is 4.74 Å². The van der Waals surface area contributed by atoms with Gasteiger partial charge >= 0.3 is 0 Å². The zero-order valence-electron chi connectivity index (χ0n) is 10.8. The van der Waals surface area contributed by atoms with Gasteiger partial charge in [-0.2, -0.15) is 0 Å². The summed E-state index contributed by atoms with van der Waals surface area (Å²) in [5.74, 6) is 0. The maximum Gasteiger partial charge on any atom is 0.0824 e. The van der Waals surface area contributed by atoms with Gasteiger partial charge in [-0.1, -0.05) is 30.7 Å². The largest absolute Gasteiger partial charge is 0.374 e. The highest BCUT2D eigenvalue weighted by Gasteiger charge is 2.25. The second-order valence-corrected chi connectivity index (χ2v) is 5.14. The maximum absolute atomic E-state index is 6.08. The van der Waals surface area contributed by atoms with Gasteiger partial charge in [0.15, 0.2) is 0 Å². The first-order valence-corrected chi connectivity index (χ1v) is 6.93. The molecule has 1 aromatic carbocycles. The summed E-state index contributed by atoms with van der Waals surface area (Å²) in [5, 5.41) is 0.801. The Bertz CT molecular complexity index is 386.